The van der Waals surface area contributed by atoms with Gasteiger partial charge in [0.05, 0.1) is 0 Å². The molecule has 0 aliphatic heterocycles. The fraction of sp³-hybridized carbons (Fsp3) is 0.833. The lowest BCUT2D eigenvalue weighted by Gasteiger charge is -2.21. The zero-order valence-corrected chi connectivity index (χ0v) is 7.29. The van der Waals surface area contributed by atoms with E-state index in [0.717, 1.165) is 6.42 Å². The molecule has 0 heterocycles. The van der Waals surface area contributed by atoms with Crippen LogP contribution in [0.5, 0.6) is 0 Å². The van der Waals surface area contributed by atoms with E-state index in [4.69, 9.17) is 5.11 Å². The van der Waals surface area contributed by atoms with Crippen LogP contribution >= 0.6 is 12.4 Å². The Labute approximate surface area is 67.2 Å². The highest BCUT2D eigenvalue weighted by atomic mass is 35.5. The number of rotatable bonds is 2. The molecule has 10 heavy (non-hydrogen) atoms. The molecule has 0 fully saturated rings. The van der Waals surface area contributed by atoms with Crippen LogP contribution in [-0.4, -0.2) is 16.7 Å². The number of carboxylic acid groups (broad SMARTS) is 1. The highest BCUT2D eigenvalue weighted by Gasteiger charge is 2.16. The average Bonchev–Trinajstić information content (AvgIpc) is 1.63. The summed E-state index contributed by atoms with van der Waals surface area (Å²) in [4.78, 5) is 10.1. The summed E-state index contributed by atoms with van der Waals surface area (Å²) in [6, 6.07) is 0. The summed E-state index contributed by atoms with van der Waals surface area (Å²) in [5.74, 6) is 0. The quantitative estimate of drug-likeness (QED) is 0.660. The van der Waals surface area contributed by atoms with Gasteiger partial charge in [0.25, 0.3) is 0 Å². The molecule has 62 valence electrons. The third-order valence-electron chi connectivity index (χ3n) is 1.33. The molecule has 0 bridgehead atoms. The van der Waals surface area contributed by atoms with Gasteiger partial charge in [-0.05, 0) is 20.3 Å². The van der Waals surface area contributed by atoms with Gasteiger partial charge in [0.2, 0.25) is 0 Å². The normalized spacial score (nSPS) is 9.90. The van der Waals surface area contributed by atoms with Crippen LogP contribution in [0.25, 0.3) is 0 Å². The zero-order chi connectivity index (χ0) is 7.49. The summed E-state index contributed by atoms with van der Waals surface area (Å²) in [5, 5.41) is 10.7. The monoisotopic (exact) mass is 167 g/mol. The molecule has 0 aliphatic rings. The highest BCUT2D eigenvalue weighted by Crippen LogP contribution is 2.05. The first kappa shape index (κ1) is 12.3. The summed E-state index contributed by atoms with van der Waals surface area (Å²) in [6.07, 6.45) is -0.152. The summed E-state index contributed by atoms with van der Waals surface area (Å²) < 4.78 is 0. The van der Waals surface area contributed by atoms with Crippen molar-refractivity contribution < 1.29 is 9.90 Å². The van der Waals surface area contributed by atoms with E-state index in [1.54, 1.807) is 0 Å². The topological polar surface area (TPSA) is 49.3 Å². The lowest BCUT2D eigenvalue weighted by Crippen LogP contribution is -2.41. The van der Waals surface area contributed by atoms with Crippen molar-refractivity contribution >= 4 is 18.5 Å². The molecular weight excluding hydrogens is 154 g/mol. The van der Waals surface area contributed by atoms with Crippen LogP contribution < -0.4 is 5.32 Å². The third kappa shape index (κ3) is 5.69. The van der Waals surface area contributed by atoms with Crippen LogP contribution in [0.2, 0.25) is 0 Å². The minimum atomic E-state index is -0.957. The molecule has 0 saturated heterocycles. The molecule has 0 aliphatic carbocycles. The number of hydrogen-bond donors (Lipinski definition) is 2. The van der Waals surface area contributed by atoms with Gasteiger partial charge in [0.15, 0.2) is 0 Å². The minimum absolute atomic E-state index is 0. The summed E-state index contributed by atoms with van der Waals surface area (Å²) in [6.45, 7) is 5.64. The van der Waals surface area contributed by atoms with Crippen molar-refractivity contribution in [3.05, 3.63) is 0 Å². The maximum Gasteiger partial charge on any atom is 0.405 e. The zero-order valence-electron chi connectivity index (χ0n) is 6.47. The summed E-state index contributed by atoms with van der Waals surface area (Å²) in [7, 11) is 0. The van der Waals surface area contributed by atoms with Gasteiger partial charge in [0, 0.05) is 5.54 Å². The number of nitrogens with one attached hydrogen (secondary N) is 1. The molecule has 0 spiro atoms. The molecule has 0 aromatic rings. The second-order valence-electron chi connectivity index (χ2n) is 2.67. The van der Waals surface area contributed by atoms with Gasteiger partial charge in [-0.2, -0.15) is 0 Å². The van der Waals surface area contributed by atoms with Crippen LogP contribution in [0.3, 0.4) is 0 Å². The first-order valence-electron chi connectivity index (χ1n) is 2.99. The summed E-state index contributed by atoms with van der Waals surface area (Å²) >= 11 is 0. The van der Waals surface area contributed by atoms with Gasteiger partial charge in [-0.25, -0.2) is 4.79 Å². The van der Waals surface area contributed by atoms with E-state index in [9.17, 15) is 4.79 Å². The molecule has 0 aromatic carbocycles. The molecule has 1 amide bonds. The molecule has 3 nitrogen and oxygen atoms in total. The van der Waals surface area contributed by atoms with Gasteiger partial charge in [-0.3, -0.25) is 0 Å². The second kappa shape index (κ2) is 4.39. The molecule has 0 unspecified atom stereocenters. The minimum Gasteiger partial charge on any atom is -0.465 e. The van der Waals surface area contributed by atoms with Crippen molar-refractivity contribution in [3.8, 4) is 0 Å². The smallest absolute Gasteiger partial charge is 0.405 e. The molecule has 0 radical (unpaired) electrons. The Hall–Kier alpha value is -0.440. The second-order valence-corrected chi connectivity index (χ2v) is 2.67. The van der Waals surface area contributed by atoms with Crippen LogP contribution in [-0.2, 0) is 0 Å². The van der Waals surface area contributed by atoms with Gasteiger partial charge in [-0.15, -0.1) is 12.4 Å². The Morgan fingerprint density at radius 2 is 2.00 bits per heavy atom. The number of hydrogen-bond acceptors (Lipinski definition) is 1. The van der Waals surface area contributed by atoms with Gasteiger partial charge in [0.1, 0.15) is 0 Å². The SMILES string of the molecule is CCC(C)(C)NC(=O)O.Cl. The molecule has 0 rings (SSSR count). The van der Waals surface area contributed by atoms with Crippen molar-refractivity contribution in [1.82, 2.24) is 5.32 Å². The molecule has 0 atom stereocenters. The predicted molar refractivity (Wildman–Crippen MR) is 42.8 cm³/mol. The van der Waals surface area contributed by atoms with Gasteiger partial charge in [-0.1, -0.05) is 6.92 Å². The number of amides is 1. The number of carbonyl (C=O) groups is 1. The van der Waals surface area contributed by atoms with E-state index >= 15 is 0 Å². The van der Waals surface area contributed by atoms with E-state index in [1.807, 2.05) is 20.8 Å². The standard InChI is InChI=1S/C6H13NO2.ClH/c1-4-6(2,3)7-5(8)9;/h7H,4H2,1-3H3,(H,8,9);1H. The average molecular weight is 168 g/mol. The Bertz CT molecular complexity index is 114. The first-order chi connectivity index (χ1) is 3.98. The van der Waals surface area contributed by atoms with Gasteiger partial charge >= 0.3 is 6.09 Å². The maximum absolute atomic E-state index is 10.1. The Morgan fingerprint density at radius 1 is 1.60 bits per heavy atom. The first-order valence-corrected chi connectivity index (χ1v) is 2.99. The van der Waals surface area contributed by atoms with Crippen molar-refractivity contribution in [1.29, 1.82) is 0 Å². The lowest BCUT2D eigenvalue weighted by molar-refractivity contribution is 0.181. The van der Waals surface area contributed by atoms with Crippen molar-refractivity contribution in [2.75, 3.05) is 0 Å². The Balaban J connectivity index is 0. The lowest BCUT2D eigenvalue weighted by atomic mass is 10.0. The fourth-order valence-electron chi connectivity index (χ4n) is 0.378. The summed E-state index contributed by atoms with van der Waals surface area (Å²) in [5.41, 5.74) is -0.286. The third-order valence-corrected chi connectivity index (χ3v) is 1.33. The van der Waals surface area contributed by atoms with E-state index < -0.39 is 6.09 Å². The van der Waals surface area contributed by atoms with Crippen LogP contribution in [0, 0.1) is 0 Å². The van der Waals surface area contributed by atoms with Crippen molar-refractivity contribution in [3.63, 3.8) is 0 Å². The highest BCUT2D eigenvalue weighted by molar-refractivity contribution is 5.85. The predicted octanol–water partition coefficient (Wildman–Crippen LogP) is 1.86. The Kier molecular flexibility index (Phi) is 5.38. The number of halogens is 1. The van der Waals surface area contributed by atoms with Crippen LogP contribution in [0.1, 0.15) is 27.2 Å². The largest absolute Gasteiger partial charge is 0.465 e. The fourth-order valence-corrected chi connectivity index (χ4v) is 0.378. The van der Waals surface area contributed by atoms with E-state index in [2.05, 4.69) is 5.32 Å². The molecular formula is C6H14ClNO2. The van der Waals surface area contributed by atoms with E-state index in [1.165, 1.54) is 0 Å². The van der Waals surface area contributed by atoms with Crippen LogP contribution in [0.15, 0.2) is 0 Å². The van der Waals surface area contributed by atoms with Crippen molar-refractivity contribution in [2.24, 2.45) is 0 Å². The maximum atomic E-state index is 10.1. The Morgan fingerprint density at radius 3 is 2.10 bits per heavy atom. The molecule has 0 aromatic heterocycles. The van der Waals surface area contributed by atoms with E-state index in [0.29, 0.717) is 0 Å². The molecule has 2 N–H and O–H groups in total. The van der Waals surface area contributed by atoms with Gasteiger partial charge < -0.3 is 10.4 Å². The molecule has 0 saturated carbocycles. The van der Waals surface area contributed by atoms with E-state index in [-0.39, 0.29) is 17.9 Å². The molecule has 4 heteroatoms. The van der Waals surface area contributed by atoms with Crippen molar-refractivity contribution in [2.45, 2.75) is 32.7 Å². The van der Waals surface area contributed by atoms with Crippen LogP contribution in [0.4, 0.5) is 4.79 Å².